The highest BCUT2D eigenvalue weighted by Crippen LogP contribution is 2.45. The molecule has 188 valence electrons. The number of amides is 1. The lowest BCUT2D eigenvalue weighted by Gasteiger charge is -2.41. The minimum Gasteiger partial charge on any atom is -0.511 e. The zero-order valence-corrected chi connectivity index (χ0v) is 20.6. The summed E-state index contributed by atoms with van der Waals surface area (Å²) in [4.78, 5) is 40.2. The molecule has 0 fully saturated rings. The number of carbonyl (C=O) groups excluding carboxylic acids is 3. The van der Waals surface area contributed by atoms with Crippen molar-refractivity contribution in [1.82, 2.24) is 4.90 Å². The molecule has 2 aromatic carbocycles. The standard InChI is InChI=1S/C28H31N3O5/c1-13-16(11-19-14(2)26(34)23(28(30)36)27(35)24(19)31(3)4)12-20-18(15-6-5-7-17(29)10-15)8-9-21(32)22(20)25(13)33/h5-10,14,16,19,24,32,34H,1,11-12,29H2,2-4H3,(H2,30,36)/t14?,16-,19-,24+/m1/s1. The number of phenols is 1. The second-order valence-electron chi connectivity index (χ2n) is 9.95. The summed E-state index contributed by atoms with van der Waals surface area (Å²) in [6.45, 7) is 5.79. The van der Waals surface area contributed by atoms with E-state index in [0.717, 1.165) is 11.1 Å². The van der Waals surface area contributed by atoms with E-state index in [1.807, 2.05) is 18.2 Å². The van der Waals surface area contributed by atoms with Gasteiger partial charge in [-0.2, -0.15) is 0 Å². The SMILES string of the molecule is C=C1C(=O)c2c(O)ccc(-c3cccc(N)c3)c2C[C@H]1C[C@@H]1C(C)C(O)=C(C(N)=O)C(=O)[C@H]1N(C)C. The molecule has 6 N–H and O–H groups in total. The Labute approximate surface area is 209 Å². The van der Waals surface area contributed by atoms with Crippen LogP contribution in [0.25, 0.3) is 11.1 Å². The first-order chi connectivity index (χ1) is 16.9. The topological polar surface area (TPSA) is 147 Å². The van der Waals surface area contributed by atoms with Crippen LogP contribution in [0.1, 0.15) is 29.3 Å². The van der Waals surface area contributed by atoms with Crippen molar-refractivity contribution in [3.05, 3.63) is 71.0 Å². The second-order valence-corrected chi connectivity index (χ2v) is 9.95. The number of rotatable bonds is 5. The Bertz CT molecular complexity index is 1330. The number of allylic oxidation sites excluding steroid dienone is 2. The van der Waals surface area contributed by atoms with Crippen molar-refractivity contribution in [3.8, 4) is 16.9 Å². The third-order valence-corrected chi connectivity index (χ3v) is 7.56. The van der Waals surface area contributed by atoms with Crippen molar-refractivity contribution in [2.75, 3.05) is 19.8 Å². The Balaban J connectivity index is 1.77. The molecule has 2 aliphatic carbocycles. The Morgan fingerprint density at radius 1 is 1.17 bits per heavy atom. The number of Topliss-reactive ketones (excluding diaryl/α,β-unsaturated/α-hetero) is 2. The van der Waals surface area contributed by atoms with Crippen LogP contribution in [0.2, 0.25) is 0 Å². The highest BCUT2D eigenvalue weighted by molar-refractivity contribution is 6.21. The van der Waals surface area contributed by atoms with E-state index < -0.39 is 29.6 Å². The molecular formula is C28H31N3O5. The smallest absolute Gasteiger partial charge is 0.255 e. The Morgan fingerprint density at radius 2 is 1.86 bits per heavy atom. The number of nitrogens with zero attached hydrogens (tertiary/aromatic N) is 1. The molecule has 4 atom stereocenters. The summed E-state index contributed by atoms with van der Waals surface area (Å²) in [6.07, 6.45) is 0.769. The zero-order valence-electron chi connectivity index (χ0n) is 20.6. The normalized spacial score (nSPS) is 24.3. The van der Waals surface area contributed by atoms with Gasteiger partial charge in [-0.1, -0.05) is 31.7 Å². The lowest BCUT2D eigenvalue weighted by molar-refractivity contribution is -0.127. The van der Waals surface area contributed by atoms with E-state index in [-0.39, 0.29) is 34.3 Å². The molecule has 1 unspecified atom stereocenters. The number of aliphatic hydroxyl groups excluding tert-OH is 1. The molecule has 8 nitrogen and oxygen atoms in total. The van der Waals surface area contributed by atoms with Crippen molar-refractivity contribution in [3.63, 3.8) is 0 Å². The first-order valence-electron chi connectivity index (χ1n) is 11.8. The number of benzene rings is 2. The number of likely N-dealkylation sites (N-methyl/N-ethyl adjacent to an activating group) is 1. The van der Waals surface area contributed by atoms with Gasteiger partial charge >= 0.3 is 0 Å². The summed E-state index contributed by atoms with van der Waals surface area (Å²) < 4.78 is 0. The maximum Gasteiger partial charge on any atom is 0.255 e. The molecule has 0 spiro atoms. The molecule has 0 saturated heterocycles. The van der Waals surface area contributed by atoms with E-state index in [9.17, 15) is 24.6 Å². The number of hydrogen-bond acceptors (Lipinski definition) is 7. The van der Waals surface area contributed by atoms with Crippen molar-refractivity contribution >= 4 is 23.2 Å². The average Bonchev–Trinajstić information content (AvgIpc) is 2.80. The molecule has 36 heavy (non-hydrogen) atoms. The number of ketones is 2. The molecule has 0 radical (unpaired) electrons. The molecule has 0 aromatic heterocycles. The number of aromatic hydroxyl groups is 1. The van der Waals surface area contributed by atoms with E-state index in [1.54, 1.807) is 38.1 Å². The zero-order chi connectivity index (χ0) is 26.5. The first-order valence-corrected chi connectivity index (χ1v) is 11.8. The van der Waals surface area contributed by atoms with Crippen LogP contribution in [0.15, 0.2) is 59.9 Å². The highest BCUT2D eigenvalue weighted by atomic mass is 16.3. The molecule has 0 aliphatic heterocycles. The fraction of sp³-hybridized carbons (Fsp3) is 0.321. The Hall–Kier alpha value is -3.91. The van der Waals surface area contributed by atoms with Crippen LogP contribution in [0.3, 0.4) is 0 Å². The average molecular weight is 490 g/mol. The van der Waals surface area contributed by atoms with Crippen LogP contribution in [0.4, 0.5) is 5.69 Å². The summed E-state index contributed by atoms with van der Waals surface area (Å²) in [7, 11) is 3.46. The van der Waals surface area contributed by atoms with Gasteiger partial charge < -0.3 is 21.7 Å². The van der Waals surface area contributed by atoms with Crippen molar-refractivity contribution in [2.24, 2.45) is 23.5 Å². The van der Waals surface area contributed by atoms with Crippen LogP contribution in [0, 0.1) is 17.8 Å². The molecule has 4 rings (SSSR count). The molecule has 1 amide bonds. The van der Waals surface area contributed by atoms with Gasteiger partial charge in [-0.05, 0) is 79.2 Å². The summed E-state index contributed by atoms with van der Waals surface area (Å²) in [5, 5.41) is 21.3. The summed E-state index contributed by atoms with van der Waals surface area (Å²) >= 11 is 0. The Kier molecular flexibility index (Phi) is 6.49. The predicted molar refractivity (Wildman–Crippen MR) is 137 cm³/mol. The maximum absolute atomic E-state index is 13.4. The van der Waals surface area contributed by atoms with Crippen LogP contribution in [-0.4, -0.2) is 52.7 Å². The van der Waals surface area contributed by atoms with Gasteiger partial charge in [0.05, 0.1) is 11.6 Å². The van der Waals surface area contributed by atoms with E-state index in [4.69, 9.17) is 11.5 Å². The van der Waals surface area contributed by atoms with Crippen LogP contribution < -0.4 is 11.5 Å². The summed E-state index contributed by atoms with van der Waals surface area (Å²) in [6, 6.07) is 9.87. The fourth-order valence-electron chi connectivity index (χ4n) is 5.72. The van der Waals surface area contributed by atoms with Crippen LogP contribution >= 0.6 is 0 Å². The number of primary amides is 1. The lowest BCUT2D eigenvalue weighted by atomic mass is 9.67. The summed E-state index contributed by atoms with van der Waals surface area (Å²) in [5.41, 5.74) is 14.5. The molecule has 2 aliphatic rings. The predicted octanol–water partition coefficient (Wildman–Crippen LogP) is 3.01. The number of fused-ring (bicyclic) bond motifs is 1. The molecule has 0 heterocycles. The van der Waals surface area contributed by atoms with Crippen molar-refractivity contribution in [2.45, 2.75) is 25.8 Å². The van der Waals surface area contributed by atoms with Crippen LogP contribution in [-0.2, 0) is 16.0 Å². The van der Waals surface area contributed by atoms with E-state index in [1.165, 1.54) is 6.07 Å². The van der Waals surface area contributed by atoms with Crippen LogP contribution in [0.5, 0.6) is 5.75 Å². The molecule has 2 aromatic rings. The van der Waals surface area contributed by atoms with Gasteiger partial charge in [-0.3, -0.25) is 19.3 Å². The van der Waals surface area contributed by atoms with Gasteiger partial charge in [0.2, 0.25) is 0 Å². The van der Waals surface area contributed by atoms with E-state index in [2.05, 4.69) is 6.58 Å². The number of anilines is 1. The third-order valence-electron chi connectivity index (χ3n) is 7.56. The van der Waals surface area contributed by atoms with Gasteiger partial charge in [0.25, 0.3) is 5.91 Å². The summed E-state index contributed by atoms with van der Waals surface area (Å²) in [5.74, 6) is -3.56. The molecular weight excluding hydrogens is 458 g/mol. The number of aliphatic hydroxyl groups is 1. The minimum absolute atomic E-state index is 0.110. The van der Waals surface area contributed by atoms with Crippen molar-refractivity contribution in [1.29, 1.82) is 0 Å². The lowest BCUT2D eigenvalue weighted by Crippen LogP contribution is -2.51. The maximum atomic E-state index is 13.4. The number of carbonyl (C=O) groups is 3. The van der Waals surface area contributed by atoms with Crippen molar-refractivity contribution < 1.29 is 24.6 Å². The van der Waals surface area contributed by atoms with Gasteiger partial charge in [0.15, 0.2) is 11.6 Å². The monoisotopic (exact) mass is 489 g/mol. The van der Waals surface area contributed by atoms with Gasteiger partial charge in [0, 0.05) is 11.6 Å². The molecule has 0 saturated carbocycles. The third kappa shape index (κ3) is 4.07. The second kappa shape index (κ2) is 9.28. The van der Waals surface area contributed by atoms with Gasteiger partial charge in [-0.15, -0.1) is 0 Å². The molecule has 8 heteroatoms. The van der Waals surface area contributed by atoms with E-state index >= 15 is 0 Å². The number of nitrogen functional groups attached to an aromatic ring is 1. The fourth-order valence-corrected chi connectivity index (χ4v) is 5.72. The largest absolute Gasteiger partial charge is 0.511 e. The van der Waals surface area contributed by atoms with E-state index in [0.29, 0.717) is 29.7 Å². The number of nitrogens with two attached hydrogens (primary N) is 2. The quantitative estimate of drug-likeness (QED) is 0.287. The van der Waals surface area contributed by atoms with Gasteiger partial charge in [-0.25, -0.2) is 0 Å². The minimum atomic E-state index is -0.955. The molecule has 0 bridgehead atoms. The van der Waals surface area contributed by atoms with Gasteiger partial charge in [0.1, 0.15) is 17.1 Å². The first kappa shape index (κ1) is 25.2. The number of hydrogen-bond donors (Lipinski definition) is 4. The number of phenolic OH excluding ortho intramolecular Hbond substituents is 1. The Morgan fingerprint density at radius 3 is 2.47 bits per heavy atom. The highest BCUT2D eigenvalue weighted by Gasteiger charge is 2.46.